The normalized spacial score (nSPS) is 20.5. The molecule has 1 saturated heterocycles. The lowest BCUT2D eigenvalue weighted by Crippen LogP contribution is -2.21. The number of hydrogen-bond acceptors (Lipinski definition) is 6. The Morgan fingerprint density at radius 2 is 2.15 bits per heavy atom. The van der Waals surface area contributed by atoms with Crippen LogP contribution < -0.4 is 10.3 Å². The number of nitrogens with zero attached hydrogens (tertiary/aromatic N) is 2. The summed E-state index contributed by atoms with van der Waals surface area (Å²) in [4.78, 5) is 17.4. The molecule has 2 N–H and O–H groups in total. The van der Waals surface area contributed by atoms with Crippen molar-refractivity contribution in [3.63, 3.8) is 0 Å². The van der Waals surface area contributed by atoms with Crippen LogP contribution in [0.2, 0.25) is 0 Å². The highest BCUT2D eigenvalue weighted by Crippen LogP contribution is 2.46. The van der Waals surface area contributed by atoms with Crippen molar-refractivity contribution < 1.29 is 14.6 Å². The first-order valence-electron chi connectivity index (χ1n) is 8.59. The predicted octanol–water partition coefficient (Wildman–Crippen LogP) is 3.13. The summed E-state index contributed by atoms with van der Waals surface area (Å²) >= 11 is 1.52. The average Bonchev–Trinajstić information content (AvgIpc) is 2.98. The molecule has 1 fully saturated rings. The molecule has 0 bridgehead atoms. The molecule has 7 nitrogen and oxygen atoms in total. The maximum Gasteiger partial charge on any atom is 0.271 e. The van der Waals surface area contributed by atoms with Gasteiger partial charge in [-0.25, -0.2) is 4.99 Å². The number of aliphatic imine (C=N–C) groups is 1. The largest absolute Gasteiger partial charge is 0.504 e. The summed E-state index contributed by atoms with van der Waals surface area (Å²) in [5.41, 5.74) is 1.35. The zero-order chi connectivity index (χ0) is 18.3. The van der Waals surface area contributed by atoms with E-state index < -0.39 is 0 Å². The summed E-state index contributed by atoms with van der Waals surface area (Å²) in [7, 11) is 1.51. The molecule has 0 amide bonds. The van der Waals surface area contributed by atoms with E-state index in [2.05, 4.69) is 10.1 Å². The molecule has 138 valence electrons. The first-order valence-corrected chi connectivity index (χ1v) is 9.47. The highest BCUT2D eigenvalue weighted by atomic mass is 32.2. The Hall–Kier alpha value is -2.19. The van der Waals surface area contributed by atoms with Crippen molar-refractivity contribution in [2.24, 2.45) is 4.99 Å². The molecule has 0 saturated carbocycles. The van der Waals surface area contributed by atoms with Crippen LogP contribution in [0.4, 0.5) is 5.82 Å². The van der Waals surface area contributed by atoms with Gasteiger partial charge in [0, 0.05) is 13.2 Å². The summed E-state index contributed by atoms with van der Waals surface area (Å²) in [5, 5.41) is 13.8. The number of benzene rings is 1. The van der Waals surface area contributed by atoms with Gasteiger partial charge in [0.05, 0.1) is 29.0 Å². The van der Waals surface area contributed by atoms with Gasteiger partial charge in [0.1, 0.15) is 0 Å². The number of nitrogens with one attached hydrogen (secondary N) is 1. The van der Waals surface area contributed by atoms with Gasteiger partial charge in [-0.3, -0.25) is 14.6 Å². The van der Waals surface area contributed by atoms with E-state index >= 15 is 0 Å². The van der Waals surface area contributed by atoms with Crippen LogP contribution in [0, 0.1) is 0 Å². The number of methoxy groups -OCH3 is 1. The second kappa shape index (κ2) is 6.85. The number of fused-ring (bicyclic) bond motifs is 1. The fourth-order valence-corrected chi connectivity index (χ4v) is 4.61. The number of aromatic hydroxyl groups is 1. The van der Waals surface area contributed by atoms with Gasteiger partial charge in [-0.2, -0.15) is 0 Å². The van der Waals surface area contributed by atoms with Crippen molar-refractivity contribution in [3.8, 4) is 11.5 Å². The second-order valence-corrected chi connectivity index (χ2v) is 7.75. The lowest BCUT2D eigenvalue weighted by Gasteiger charge is -2.26. The maximum atomic E-state index is 12.7. The van der Waals surface area contributed by atoms with Crippen LogP contribution in [-0.4, -0.2) is 40.3 Å². The Bertz CT molecular complexity index is 912. The minimum atomic E-state index is -0.218. The molecule has 26 heavy (non-hydrogen) atoms. The number of aromatic amines is 1. The lowest BCUT2D eigenvalue weighted by molar-refractivity contribution is 0.0666. The number of H-pyrrole nitrogens is 1. The molecule has 1 atom stereocenters. The fraction of sp³-hybridized carbons (Fsp3) is 0.444. The van der Waals surface area contributed by atoms with Gasteiger partial charge in [-0.15, -0.1) is 0 Å². The number of ether oxygens (including phenoxy) is 2. The highest BCUT2D eigenvalue weighted by molar-refractivity contribution is 8.14. The van der Waals surface area contributed by atoms with Crippen molar-refractivity contribution in [1.29, 1.82) is 0 Å². The third kappa shape index (κ3) is 2.93. The van der Waals surface area contributed by atoms with Gasteiger partial charge in [-0.1, -0.05) is 17.8 Å². The molecule has 8 heteroatoms. The van der Waals surface area contributed by atoms with Crippen molar-refractivity contribution in [1.82, 2.24) is 9.78 Å². The Morgan fingerprint density at radius 1 is 1.38 bits per heavy atom. The average molecular weight is 375 g/mol. The van der Waals surface area contributed by atoms with Crippen LogP contribution >= 0.6 is 11.8 Å². The molecule has 0 unspecified atom stereocenters. The smallest absolute Gasteiger partial charge is 0.271 e. The van der Waals surface area contributed by atoms with Crippen LogP contribution in [0.5, 0.6) is 11.5 Å². The molecule has 2 aromatic rings. The first kappa shape index (κ1) is 17.2. The van der Waals surface area contributed by atoms with E-state index in [1.165, 1.54) is 18.9 Å². The quantitative estimate of drug-likeness (QED) is 0.860. The summed E-state index contributed by atoms with van der Waals surface area (Å²) in [6.07, 6.45) is 1.71. The third-order valence-corrected chi connectivity index (χ3v) is 5.99. The van der Waals surface area contributed by atoms with Crippen LogP contribution in [0.1, 0.15) is 42.2 Å². The Morgan fingerprint density at radius 3 is 2.85 bits per heavy atom. The van der Waals surface area contributed by atoms with Gasteiger partial charge in [0.2, 0.25) is 0 Å². The van der Waals surface area contributed by atoms with E-state index in [0.29, 0.717) is 30.3 Å². The third-order valence-electron chi connectivity index (χ3n) is 4.81. The molecule has 2 aliphatic heterocycles. The fourth-order valence-electron chi connectivity index (χ4n) is 3.52. The van der Waals surface area contributed by atoms with E-state index in [-0.39, 0.29) is 22.6 Å². The number of phenols is 1. The van der Waals surface area contributed by atoms with E-state index in [4.69, 9.17) is 9.47 Å². The first-order chi connectivity index (χ1) is 12.6. The Balaban J connectivity index is 1.79. The molecular weight excluding hydrogens is 354 g/mol. The minimum absolute atomic E-state index is 0.0626. The molecule has 1 aromatic carbocycles. The van der Waals surface area contributed by atoms with E-state index in [0.717, 1.165) is 23.4 Å². The molecule has 1 aromatic heterocycles. The topological polar surface area (TPSA) is 88.8 Å². The van der Waals surface area contributed by atoms with E-state index in [1.54, 1.807) is 12.1 Å². The van der Waals surface area contributed by atoms with Crippen LogP contribution in [0.25, 0.3) is 0 Å². The van der Waals surface area contributed by atoms with Crippen LogP contribution in [-0.2, 0) is 4.74 Å². The molecule has 0 radical (unpaired) electrons. The number of hydrogen-bond donors (Lipinski definition) is 2. The van der Waals surface area contributed by atoms with Gasteiger partial charge in [0.15, 0.2) is 17.3 Å². The Labute approximate surface area is 155 Å². The minimum Gasteiger partial charge on any atom is -0.504 e. The number of phenolic OH excluding ortho intramolecular Hbond substituents is 1. The van der Waals surface area contributed by atoms with Gasteiger partial charge in [-0.05, 0) is 37.5 Å². The predicted molar refractivity (Wildman–Crippen MR) is 101 cm³/mol. The van der Waals surface area contributed by atoms with E-state index in [9.17, 15) is 9.90 Å². The molecular formula is C18H21N3O4S. The number of rotatable bonds is 3. The van der Waals surface area contributed by atoms with Gasteiger partial charge in [0.25, 0.3) is 5.56 Å². The summed E-state index contributed by atoms with van der Waals surface area (Å²) < 4.78 is 12.5. The lowest BCUT2D eigenvalue weighted by atomic mass is 10.0. The molecule has 2 aliphatic rings. The van der Waals surface area contributed by atoms with Gasteiger partial charge >= 0.3 is 0 Å². The van der Waals surface area contributed by atoms with E-state index in [1.807, 2.05) is 17.7 Å². The molecule has 0 spiro atoms. The highest BCUT2D eigenvalue weighted by Gasteiger charge is 2.32. The number of aromatic nitrogens is 2. The van der Waals surface area contributed by atoms with Crippen molar-refractivity contribution in [2.75, 3.05) is 20.3 Å². The van der Waals surface area contributed by atoms with Crippen LogP contribution in [0.3, 0.4) is 0 Å². The zero-order valence-electron chi connectivity index (χ0n) is 14.7. The summed E-state index contributed by atoms with van der Waals surface area (Å²) in [5.74, 6) is 1.17. The molecule has 4 rings (SSSR count). The standard InChI is InChI=1S/C18H21N3O4S/c1-10-19-17-15(18(23)20-21(17)12-5-7-25-8-6-12)16(26-10)11-3-4-14(24-2)13(22)9-11/h3-4,9,12,16,22H,5-8H2,1-2H3,(H,20,23)/t16-/m1/s1. The maximum absolute atomic E-state index is 12.7. The monoisotopic (exact) mass is 375 g/mol. The van der Waals surface area contributed by atoms with Crippen molar-refractivity contribution in [2.45, 2.75) is 31.1 Å². The number of thioether (sulfide) groups is 1. The van der Waals surface area contributed by atoms with Crippen molar-refractivity contribution >= 4 is 22.6 Å². The summed E-state index contributed by atoms with van der Waals surface area (Å²) in [6, 6.07) is 5.44. The Kier molecular flexibility index (Phi) is 4.54. The van der Waals surface area contributed by atoms with Crippen molar-refractivity contribution in [3.05, 3.63) is 39.7 Å². The second-order valence-electron chi connectivity index (χ2n) is 6.45. The van der Waals surface area contributed by atoms with Gasteiger partial charge < -0.3 is 14.6 Å². The molecule has 0 aliphatic carbocycles. The summed E-state index contributed by atoms with van der Waals surface area (Å²) in [6.45, 7) is 3.32. The molecule has 3 heterocycles. The SMILES string of the molecule is COc1ccc([C@H]2SC(C)=Nc3c2c(=O)[nH]n3C2CCOCC2)cc1O. The zero-order valence-corrected chi connectivity index (χ0v) is 15.5. The van der Waals surface area contributed by atoms with Crippen LogP contribution in [0.15, 0.2) is 28.0 Å².